The van der Waals surface area contributed by atoms with Crippen molar-refractivity contribution in [2.75, 3.05) is 6.67 Å². The van der Waals surface area contributed by atoms with E-state index < -0.39 is 23.0 Å². The SMILES string of the molecule is C[C](CF)c1cccc(O)c1[N+](=O)[O-]. The van der Waals surface area contributed by atoms with E-state index >= 15 is 0 Å². The Labute approximate surface area is 80.1 Å². The van der Waals surface area contributed by atoms with Gasteiger partial charge in [0.05, 0.1) is 11.6 Å². The van der Waals surface area contributed by atoms with E-state index in [1.54, 1.807) is 0 Å². The first kappa shape index (κ1) is 10.4. The number of aromatic hydroxyl groups is 1. The predicted octanol–water partition coefficient (Wildman–Crippen LogP) is 2.21. The van der Waals surface area contributed by atoms with Gasteiger partial charge in [0.2, 0.25) is 0 Å². The molecule has 14 heavy (non-hydrogen) atoms. The Balaban J connectivity index is 3.28. The Morgan fingerprint density at radius 2 is 2.29 bits per heavy atom. The third-order valence-electron chi connectivity index (χ3n) is 1.86. The number of hydrogen-bond donors (Lipinski definition) is 1. The van der Waals surface area contributed by atoms with E-state index in [0.29, 0.717) is 0 Å². The summed E-state index contributed by atoms with van der Waals surface area (Å²) in [4.78, 5) is 9.85. The smallest absolute Gasteiger partial charge is 0.314 e. The molecule has 0 aliphatic carbocycles. The first-order valence-corrected chi connectivity index (χ1v) is 3.93. The van der Waals surface area contributed by atoms with E-state index in [-0.39, 0.29) is 11.5 Å². The third-order valence-corrected chi connectivity index (χ3v) is 1.86. The van der Waals surface area contributed by atoms with Crippen LogP contribution in [0.1, 0.15) is 12.5 Å². The van der Waals surface area contributed by atoms with E-state index in [1.165, 1.54) is 25.1 Å². The van der Waals surface area contributed by atoms with Crippen LogP contribution >= 0.6 is 0 Å². The van der Waals surface area contributed by atoms with Gasteiger partial charge in [-0.15, -0.1) is 0 Å². The van der Waals surface area contributed by atoms with Gasteiger partial charge in [-0.25, -0.2) is 0 Å². The van der Waals surface area contributed by atoms with E-state index in [2.05, 4.69) is 0 Å². The summed E-state index contributed by atoms with van der Waals surface area (Å²) in [7, 11) is 0. The van der Waals surface area contributed by atoms with Crippen molar-refractivity contribution in [1.82, 2.24) is 0 Å². The quantitative estimate of drug-likeness (QED) is 0.598. The van der Waals surface area contributed by atoms with Crippen LogP contribution < -0.4 is 0 Å². The number of benzene rings is 1. The molecular weight excluding hydrogens is 189 g/mol. The van der Waals surface area contributed by atoms with E-state index in [4.69, 9.17) is 0 Å². The molecule has 0 aliphatic rings. The lowest BCUT2D eigenvalue weighted by molar-refractivity contribution is -0.386. The second-order valence-electron chi connectivity index (χ2n) is 2.84. The summed E-state index contributed by atoms with van der Waals surface area (Å²) >= 11 is 0. The second kappa shape index (κ2) is 4.04. The number of halogens is 1. The molecule has 4 nitrogen and oxygen atoms in total. The molecule has 1 aromatic carbocycles. The van der Waals surface area contributed by atoms with Crippen LogP contribution in [0.15, 0.2) is 18.2 Å². The first-order chi connectivity index (χ1) is 6.57. The summed E-state index contributed by atoms with van der Waals surface area (Å²) in [5.74, 6) is -0.215. The molecule has 0 fully saturated rings. The Morgan fingerprint density at radius 1 is 1.64 bits per heavy atom. The molecule has 0 saturated carbocycles. The number of hydrogen-bond acceptors (Lipinski definition) is 3. The zero-order chi connectivity index (χ0) is 10.7. The van der Waals surface area contributed by atoms with Crippen molar-refractivity contribution in [1.29, 1.82) is 0 Å². The van der Waals surface area contributed by atoms with Crippen LogP contribution in [0.3, 0.4) is 0 Å². The largest absolute Gasteiger partial charge is 0.502 e. The Morgan fingerprint density at radius 3 is 2.79 bits per heavy atom. The lowest BCUT2D eigenvalue weighted by atomic mass is 10.0. The van der Waals surface area contributed by atoms with Gasteiger partial charge < -0.3 is 5.11 Å². The van der Waals surface area contributed by atoms with Crippen LogP contribution in [0.2, 0.25) is 0 Å². The summed E-state index contributed by atoms with van der Waals surface area (Å²) in [5, 5.41) is 19.8. The van der Waals surface area contributed by atoms with Crippen molar-refractivity contribution in [2.24, 2.45) is 0 Å². The molecule has 75 valence electrons. The van der Waals surface area contributed by atoms with Gasteiger partial charge in [0, 0.05) is 11.5 Å². The maximum atomic E-state index is 12.3. The van der Waals surface area contributed by atoms with Crippen LogP contribution in [0.4, 0.5) is 10.1 Å². The van der Waals surface area contributed by atoms with Crippen molar-refractivity contribution >= 4 is 5.69 Å². The van der Waals surface area contributed by atoms with Gasteiger partial charge in [-0.3, -0.25) is 14.5 Å². The summed E-state index contributed by atoms with van der Waals surface area (Å²) in [6.45, 7) is 0.673. The number of rotatable bonds is 3. The number of para-hydroxylation sites is 1. The highest BCUT2D eigenvalue weighted by Crippen LogP contribution is 2.33. The van der Waals surface area contributed by atoms with Gasteiger partial charge in [0.1, 0.15) is 0 Å². The zero-order valence-electron chi connectivity index (χ0n) is 7.53. The van der Waals surface area contributed by atoms with E-state index in [9.17, 15) is 19.6 Å². The highest BCUT2D eigenvalue weighted by Gasteiger charge is 2.23. The fourth-order valence-corrected chi connectivity index (χ4v) is 1.14. The minimum atomic E-state index is -0.774. The summed E-state index contributed by atoms with van der Waals surface area (Å²) < 4.78 is 12.3. The normalized spacial score (nSPS) is 10.5. The van der Waals surface area contributed by atoms with Gasteiger partial charge in [-0.05, 0) is 6.07 Å². The third kappa shape index (κ3) is 1.81. The fourth-order valence-electron chi connectivity index (χ4n) is 1.14. The summed E-state index contributed by atoms with van der Waals surface area (Å²) in [5.41, 5.74) is -0.305. The van der Waals surface area contributed by atoms with Crippen molar-refractivity contribution < 1.29 is 14.4 Å². The molecule has 1 radical (unpaired) electrons. The standard InChI is InChI=1S/C9H9FNO3/c1-6(5-10)7-3-2-4-8(12)9(7)11(13)14/h2-4,12H,5H2,1H3. The summed E-state index contributed by atoms with van der Waals surface area (Å²) in [6.07, 6.45) is 0. The molecule has 0 heterocycles. The maximum Gasteiger partial charge on any atom is 0.314 e. The molecule has 0 amide bonds. The zero-order valence-corrected chi connectivity index (χ0v) is 7.53. The number of phenolic OH excluding ortho intramolecular Hbond substituents is 1. The molecule has 0 spiro atoms. The van der Waals surface area contributed by atoms with Gasteiger partial charge in [-0.1, -0.05) is 19.1 Å². The molecule has 0 saturated heterocycles. The van der Waals surface area contributed by atoms with E-state index in [1.807, 2.05) is 0 Å². The molecular formula is C9H9FNO3. The summed E-state index contributed by atoms with van der Waals surface area (Å²) in [6, 6.07) is 4.05. The first-order valence-electron chi connectivity index (χ1n) is 3.93. The number of nitro benzene ring substituents is 1. The number of phenols is 1. The van der Waals surface area contributed by atoms with Crippen molar-refractivity contribution in [3.8, 4) is 5.75 Å². The van der Waals surface area contributed by atoms with Gasteiger partial charge in [0.15, 0.2) is 5.75 Å². The van der Waals surface area contributed by atoms with Crippen LogP contribution in [-0.4, -0.2) is 16.7 Å². The predicted molar refractivity (Wildman–Crippen MR) is 48.8 cm³/mol. The average molecular weight is 198 g/mol. The minimum Gasteiger partial charge on any atom is -0.502 e. The molecule has 0 aliphatic heterocycles. The van der Waals surface area contributed by atoms with Gasteiger partial charge >= 0.3 is 5.69 Å². The maximum absolute atomic E-state index is 12.3. The Kier molecular flexibility index (Phi) is 3.01. The Bertz CT molecular complexity index is 354. The number of alkyl halides is 1. The Hall–Kier alpha value is -1.65. The lowest BCUT2D eigenvalue weighted by Gasteiger charge is -2.07. The molecule has 0 bridgehead atoms. The molecule has 0 aromatic heterocycles. The second-order valence-corrected chi connectivity index (χ2v) is 2.84. The lowest BCUT2D eigenvalue weighted by Crippen LogP contribution is -2.02. The molecule has 0 unspecified atom stereocenters. The average Bonchev–Trinajstić information content (AvgIpc) is 2.15. The molecule has 1 N–H and O–H groups in total. The van der Waals surface area contributed by atoms with Crippen molar-refractivity contribution in [2.45, 2.75) is 6.92 Å². The minimum absolute atomic E-state index is 0.137. The molecule has 1 rings (SSSR count). The highest BCUT2D eigenvalue weighted by atomic mass is 19.1. The van der Waals surface area contributed by atoms with Gasteiger partial charge in [-0.2, -0.15) is 0 Å². The molecule has 1 aromatic rings. The topological polar surface area (TPSA) is 63.4 Å². The van der Waals surface area contributed by atoms with Crippen molar-refractivity contribution in [3.63, 3.8) is 0 Å². The molecule has 5 heteroatoms. The van der Waals surface area contributed by atoms with E-state index in [0.717, 1.165) is 0 Å². The number of nitrogens with zero attached hydrogens (tertiary/aromatic N) is 1. The highest BCUT2D eigenvalue weighted by molar-refractivity contribution is 5.57. The van der Waals surface area contributed by atoms with Crippen LogP contribution in [0.5, 0.6) is 5.75 Å². The van der Waals surface area contributed by atoms with Crippen LogP contribution in [0.25, 0.3) is 0 Å². The number of nitro groups is 1. The van der Waals surface area contributed by atoms with Crippen LogP contribution in [-0.2, 0) is 0 Å². The van der Waals surface area contributed by atoms with Crippen LogP contribution in [0, 0.1) is 16.0 Å². The monoisotopic (exact) mass is 198 g/mol. The fraction of sp³-hybridized carbons (Fsp3) is 0.222. The van der Waals surface area contributed by atoms with Crippen molar-refractivity contribution in [3.05, 3.63) is 39.8 Å². The molecule has 0 atom stereocenters. The van der Waals surface area contributed by atoms with Gasteiger partial charge in [0.25, 0.3) is 0 Å².